The van der Waals surface area contributed by atoms with E-state index in [9.17, 15) is 0 Å². The zero-order valence-corrected chi connectivity index (χ0v) is 34.7. The molecule has 1 aliphatic carbocycles. The standard InChI is InChI=1S/C53H62O6/c54-29-13-5-1-3-7-15-31-56-33-35-58-47-27-23-41-37-45(25-21-43(41)39-47)53(51-19-11-9-17-49(51)50-18-10-12-20-52(50)53)46-26-22-44-40-48(28-24-42(44)38-46)59-36-34-57-32-16-8-4-2-6-14-30-55/h9-12,17-28,37-40,54-55H,1-8,13-16,29-36H2. The summed E-state index contributed by atoms with van der Waals surface area (Å²) in [5, 5.41) is 22.5. The van der Waals surface area contributed by atoms with Crippen molar-refractivity contribution >= 4 is 21.5 Å². The van der Waals surface area contributed by atoms with Gasteiger partial charge in [-0.3, -0.25) is 0 Å². The second kappa shape index (κ2) is 22.0. The van der Waals surface area contributed by atoms with Crippen molar-refractivity contribution in [3.05, 3.63) is 144 Å². The highest BCUT2D eigenvalue weighted by Crippen LogP contribution is 2.56. The SMILES string of the molecule is OCCCCCCCCOCCOc1ccc2cc(C3(c4ccc5cc(OCCOCCCCCCCCO)ccc5c4)c4ccccc4-c4ccccc43)ccc2c1. The first-order chi connectivity index (χ1) is 29.2. The topological polar surface area (TPSA) is 77.4 Å². The van der Waals surface area contributed by atoms with E-state index in [0.717, 1.165) is 74.0 Å². The van der Waals surface area contributed by atoms with E-state index in [1.807, 2.05) is 0 Å². The second-order valence-electron chi connectivity index (χ2n) is 15.9. The number of aliphatic hydroxyl groups is 2. The summed E-state index contributed by atoms with van der Waals surface area (Å²) in [6.07, 6.45) is 13.3. The molecule has 6 nitrogen and oxygen atoms in total. The highest BCUT2D eigenvalue weighted by Gasteiger charge is 2.46. The summed E-state index contributed by atoms with van der Waals surface area (Å²) >= 11 is 0. The number of fused-ring (bicyclic) bond motifs is 5. The Hall–Kier alpha value is -4.72. The Bertz CT molecular complexity index is 2050. The molecular formula is C53H62O6. The van der Waals surface area contributed by atoms with Gasteiger partial charge in [0.05, 0.1) is 18.6 Å². The smallest absolute Gasteiger partial charge is 0.120 e. The molecule has 0 spiro atoms. The van der Waals surface area contributed by atoms with Gasteiger partial charge in [0.2, 0.25) is 0 Å². The number of hydrogen-bond donors (Lipinski definition) is 2. The van der Waals surface area contributed by atoms with Gasteiger partial charge in [0.25, 0.3) is 0 Å². The minimum atomic E-state index is -0.507. The van der Waals surface area contributed by atoms with Gasteiger partial charge in [-0.05, 0) is 117 Å². The van der Waals surface area contributed by atoms with Crippen LogP contribution in [0.3, 0.4) is 0 Å². The average molecular weight is 795 g/mol. The normalized spacial score (nSPS) is 12.8. The predicted molar refractivity (Wildman–Crippen MR) is 241 cm³/mol. The van der Waals surface area contributed by atoms with Crippen molar-refractivity contribution in [1.29, 1.82) is 0 Å². The van der Waals surface area contributed by atoms with Crippen LogP contribution in [0.15, 0.2) is 121 Å². The average Bonchev–Trinajstić information content (AvgIpc) is 3.58. The lowest BCUT2D eigenvalue weighted by Crippen LogP contribution is -2.28. The number of unbranched alkanes of at least 4 members (excludes halogenated alkanes) is 10. The van der Waals surface area contributed by atoms with E-state index in [1.165, 1.54) is 82.7 Å². The maximum Gasteiger partial charge on any atom is 0.120 e. The summed E-state index contributed by atoms with van der Waals surface area (Å²) in [6, 6.07) is 44.4. The molecule has 6 aromatic carbocycles. The second-order valence-corrected chi connectivity index (χ2v) is 15.9. The van der Waals surface area contributed by atoms with Crippen molar-refractivity contribution < 1.29 is 29.2 Å². The van der Waals surface area contributed by atoms with Crippen molar-refractivity contribution in [2.75, 3.05) is 52.9 Å². The number of ether oxygens (including phenoxy) is 4. The van der Waals surface area contributed by atoms with Gasteiger partial charge in [-0.15, -0.1) is 0 Å². The molecule has 0 aliphatic heterocycles. The Morgan fingerprint density at radius 3 is 1.20 bits per heavy atom. The molecule has 6 heteroatoms. The van der Waals surface area contributed by atoms with Crippen LogP contribution in [0.2, 0.25) is 0 Å². The lowest BCUT2D eigenvalue weighted by Gasteiger charge is -2.34. The fourth-order valence-electron chi connectivity index (χ4n) is 8.80. The summed E-state index contributed by atoms with van der Waals surface area (Å²) in [5.41, 5.74) is 7.10. The van der Waals surface area contributed by atoms with Crippen molar-refractivity contribution in [3.8, 4) is 22.6 Å². The molecule has 0 saturated heterocycles. The quantitative estimate of drug-likeness (QED) is 0.0532. The Balaban J connectivity index is 1.05. The van der Waals surface area contributed by atoms with Crippen molar-refractivity contribution in [2.24, 2.45) is 0 Å². The molecule has 0 amide bonds. The van der Waals surface area contributed by atoms with E-state index >= 15 is 0 Å². The van der Waals surface area contributed by atoms with Gasteiger partial charge >= 0.3 is 0 Å². The van der Waals surface area contributed by atoms with E-state index in [4.69, 9.17) is 29.2 Å². The largest absolute Gasteiger partial charge is 0.491 e. The molecule has 0 bridgehead atoms. The van der Waals surface area contributed by atoms with Gasteiger partial charge in [-0.1, -0.05) is 136 Å². The molecule has 0 radical (unpaired) electrons. The van der Waals surface area contributed by atoms with Crippen LogP contribution in [0, 0.1) is 0 Å². The number of rotatable bonds is 26. The van der Waals surface area contributed by atoms with Crippen molar-refractivity contribution in [2.45, 2.75) is 82.5 Å². The maximum absolute atomic E-state index is 8.93. The lowest BCUT2D eigenvalue weighted by molar-refractivity contribution is 0.0971. The number of benzene rings is 6. The van der Waals surface area contributed by atoms with E-state index < -0.39 is 5.41 Å². The third-order valence-electron chi connectivity index (χ3n) is 11.8. The Labute approximate surface area is 351 Å². The lowest BCUT2D eigenvalue weighted by atomic mass is 9.67. The van der Waals surface area contributed by atoms with E-state index in [1.54, 1.807) is 0 Å². The number of aliphatic hydroxyl groups excluding tert-OH is 2. The fraction of sp³-hybridized carbons (Fsp3) is 0.396. The summed E-state index contributed by atoms with van der Waals surface area (Å²) < 4.78 is 24.0. The third kappa shape index (κ3) is 10.5. The van der Waals surface area contributed by atoms with Gasteiger partial charge in [-0.25, -0.2) is 0 Å². The molecule has 2 N–H and O–H groups in total. The zero-order valence-electron chi connectivity index (χ0n) is 34.7. The molecule has 0 atom stereocenters. The van der Waals surface area contributed by atoms with Gasteiger partial charge in [-0.2, -0.15) is 0 Å². The van der Waals surface area contributed by atoms with Crippen molar-refractivity contribution in [1.82, 2.24) is 0 Å². The van der Waals surface area contributed by atoms with Crippen molar-refractivity contribution in [3.63, 3.8) is 0 Å². The van der Waals surface area contributed by atoms with Gasteiger partial charge in [0.1, 0.15) is 24.7 Å². The maximum atomic E-state index is 8.93. The van der Waals surface area contributed by atoms with E-state index in [-0.39, 0.29) is 0 Å². The van der Waals surface area contributed by atoms with Crippen LogP contribution in [-0.4, -0.2) is 63.1 Å². The molecule has 7 rings (SSSR count). The molecule has 0 aromatic heterocycles. The molecule has 310 valence electrons. The molecular weight excluding hydrogens is 733 g/mol. The zero-order chi connectivity index (χ0) is 40.5. The predicted octanol–water partition coefficient (Wildman–Crippen LogP) is 11.8. The minimum absolute atomic E-state index is 0.296. The van der Waals surface area contributed by atoms with Crippen LogP contribution in [0.1, 0.15) is 99.3 Å². The van der Waals surface area contributed by atoms with E-state index in [2.05, 4.69) is 121 Å². The van der Waals surface area contributed by atoms with Crippen LogP contribution >= 0.6 is 0 Å². The Morgan fingerprint density at radius 1 is 0.356 bits per heavy atom. The molecule has 59 heavy (non-hydrogen) atoms. The van der Waals surface area contributed by atoms with Crippen LogP contribution in [0.25, 0.3) is 32.7 Å². The third-order valence-corrected chi connectivity index (χ3v) is 11.8. The fourth-order valence-corrected chi connectivity index (χ4v) is 8.80. The summed E-state index contributed by atoms with van der Waals surface area (Å²) in [4.78, 5) is 0. The summed E-state index contributed by atoms with van der Waals surface area (Å²) in [5.74, 6) is 1.71. The summed E-state index contributed by atoms with van der Waals surface area (Å²) in [7, 11) is 0. The van der Waals surface area contributed by atoms with Gasteiger partial charge < -0.3 is 29.2 Å². The van der Waals surface area contributed by atoms with E-state index in [0.29, 0.717) is 39.6 Å². The first-order valence-electron chi connectivity index (χ1n) is 22.1. The van der Waals surface area contributed by atoms with Gasteiger partial charge in [0, 0.05) is 26.4 Å². The first-order valence-corrected chi connectivity index (χ1v) is 22.1. The molecule has 6 aromatic rings. The van der Waals surface area contributed by atoms with Crippen LogP contribution in [0.4, 0.5) is 0 Å². The Morgan fingerprint density at radius 2 is 0.746 bits per heavy atom. The van der Waals surface area contributed by atoms with Gasteiger partial charge in [0.15, 0.2) is 0 Å². The van der Waals surface area contributed by atoms with Crippen LogP contribution < -0.4 is 9.47 Å². The molecule has 0 unspecified atom stereocenters. The first kappa shape index (κ1) is 42.4. The summed E-state index contributed by atoms with van der Waals surface area (Å²) in [6.45, 7) is 4.31. The minimum Gasteiger partial charge on any atom is -0.491 e. The number of hydrogen-bond acceptors (Lipinski definition) is 6. The van der Waals surface area contributed by atoms with Crippen LogP contribution in [-0.2, 0) is 14.9 Å². The Kier molecular flexibility index (Phi) is 15.8. The monoisotopic (exact) mass is 794 g/mol. The van der Waals surface area contributed by atoms with Crippen LogP contribution in [0.5, 0.6) is 11.5 Å². The highest BCUT2D eigenvalue weighted by atomic mass is 16.5. The molecule has 0 saturated carbocycles. The molecule has 0 fully saturated rings. The highest BCUT2D eigenvalue weighted by molar-refractivity contribution is 5.92. The molecule has 1 aliphatic rings. The molecule has 0 heterocycles.